The number of nitrogens with zero attached hydrogens (tertiary/aromatic N) is 3. The van der Waals surface area contributed by atoms with Crippen LogP contribution in [0.3, 0.4) is 0 Å². The molecule has 6 nitrogen and oxygen atoms in total. The summed E-state index contributed by atoms with van der Waals surface area (Å²) < 4.78 is 34.9. The summed E-state index contributed by atoms with van der Waals surface area (Å²) in [4.78, 5) is 20.6. The van der Waals surface area contributed by atoms with Crippen molar-refractivity contribution in [2.75, 3.05) is 11.4 Å². The van der Waals surface area contributed by atoms with Gasteiger partial charge in [0, 0.05) is 28.6 Å². The van der Waals surface area contributed by atoms with E-state index in [0.29, 0.717) is 12.2 Å². The van der Waals surface area contributed by atoms with Crippen LogP contribution in [-0.4, -0.2) is 33.4 Å². The summed E-state index contributed by atoms with van der Waals surface area (Å²) >= 11 is 0. The van der Waals surface area contributed by atoms with E-state index < -0.39 is 22.5 Å². The molecule has 0 radical (unpaired) electrons. The van der Waals surface area contributed by atoms with Crippen molar-refractivity contribution in [1.29, 1.82) is 0 Å². The fourth-order valence-corrected chi connectivity index (χ4v) is 7.51. The molecule has 0 atom stereocenters. The van der Waals surface area contributed by atoms with Gasteiger partial charge >= 0.3 is 0 Å². The molecule has 38 heavy (non-hydrogen) atoms. The van der Waals surface area contributed by atoms with Crippen LogP contribution in [-0.2, 0) is 21.2 Å². The summed E-state index contributed by atoms with van der Waals surface area (Å²) in [6.45, 7) is 9.82. The van der Waals surface area contributed by atoms with E-state index in [1.807, 2.05) is 0 Å². The molecule has 2 aromatic rings. The molecule has 0 aliphatic heterocycles. The van der Waals surface area contributed by atoms with Gasteiger partial charge in [0.15, 0.2) is 5.82 Å². The molecular formula is C30H39F2N3O3. The summed E-state index contributed by atoms with van der Waals surface area (Å²) in [5.74, 6) is 0.895. The number of benzene rings is 1. The van der Waals surface area contributed by atoms with Crippen LogP contribution in [0.1, 0.15) is 110 Å². The van der Waals surface area contributed by atoms with Gasteiger partial charge in [0.05, 0.1) is 11.0 Å². The predicted octanol–water partition coefficient (Wildman–Crippen LogP) is 6.25. The van der Waals surface area contributed by atoms with Crippen LogP contribution < -0.4 is 4.90 Å². The maximum absolute atomic E-state index is 14.7. The zero-order valence-corrected chi connectivity index (χ0v) is 23.2. The number of hydrogen-bond acceptors (Lipinski definition) is 5. The number of anilines is 1. The van der Waals surface area contributed by atoms with Crippen molar-refractivity contribution in [1.82, 2.24) is 10.1 Å². The monoisotopic (exact) mass is 527 g/mol. The third-order valence-corrected chi connectivity index (χ3v) is 10.0. The first kappa shape index (κ1) is 25.9. The normalized spacial score (nSPS) is 34.0. The van der Waals surface area contributed by atoms with E-state index in [9.17, 15) is 18.7 Å². The van der Waals surface area contributed by atoms with E-state index in [0.717, 1.165) is 50.2 Å². The van der Waals surface area contributed by atoms with Crippen LogP contribution in [0.5, 0.6) is 0 Å². The first-order valence-corrected chi connectivity index (χ1v) is 14.0. The van der Waals surface area contributed by atoms with Crippen molar-refractivity contribution in [3.05, 3.63) is 41.3 Å². The molecule has 8 heteroatoms. The predicted molar refractivity (Wildman–Crippen MR) is 139 cm³/mol. The van der Waals surface area contributed by atoms with Crippen LogP contribution in [0.2, 0.25) is 0 Å². The molecule has 8 rings (SSSR count). The number of rotatable bonds is 6. The molecule has 1 amide bonds. The molecule has 6 saturated carbocycles. The molecule has 6 aliphatic carbocycles. The number of aromatic nitrogens is 2. The van der Waals surface area contributed by atoms with Crippen LogP contribution in [0.15, 0.2) is 22.7 Å². The Kier molecular flexibility index (Phi) is 5.36. The summed E-state index contributed by atoms with van der Waals surface area (Å²) in [7, 11) is 0. The van der Waals surface area contributed by atoms with E-state index in [-0.39, 0.29) is 47.0 Å². The molecule has 4 bridgehead atoms. The minimum absolute atomic E-state index is 0.0613. The SMILES string of the molecule is CC(C)(C)c1noc(C23CCC(CN(C(=O)C45CC(F)(C4)C5)c4ccc(F)c(C(C)(C)O)c4)(CC2)CC3)n1. The van der Waals surface area contributed by atoms with Crippen LogP contribution >= 0.6 is 0 Å². The molecule has 1 heterocycles. The second-order valence-corrected chi connectivity index (χ2v) is 14.5. The Labute approximate surface area is 223 Å². The van der Waals surface area contributed by atoms with Gasteiger partial charge in [-0.05, 0) is 95.2 Å². The van der Waals surface area contributed by atoms with E-state index in [2.05, 4.69) is 25.9 Å². The average Bonchev–Trinajstić information content (AvgIpc) is 3.33. The lowest BCUT2D eigenvalue weighted by Gasteiger charge is -2.65. The molecule has 0 saturated heterocycles. The van der Waals surface area contributed by atoms with Gasteiger partial charge in [-0.15, -0.1) is 0 Å². The van der Waals surface area contributed by atoms with Gasteiger partial charge in [-0.3, -0.25) is 4.79 Å². The highest BCUT2D eigenvalue weighted by Gasteiger charge is 2.73. The Morgan fingerprint density at radius 1 is 1.05 bits per heavy atom. The minimum Gasteiger partial charge on any atom is -0.386 e. The van der Waals surface area contributed by atoms with Gasteiger partial charge in [0.25, 0.3) is 0 Å². The van der Waals surface area contributed by atoms with Gasteiger partial charge in [-0.1, -0.05) is 25.9 Å². The maximum Gasteiger partial charge on any atom is 0.233 e. The van der Waals surface area contributed by atoms with Gasteiger partial charge < -0.3 is 14.5 Å². The highest BCUT2D eigenvalue weighted by molar-refractivity contribution is 6.00. The lowest BCUT2D eigenvalue weighted by molar-refractivity contribution is -0.211. The Balaban J connectivity index is 1.27. The smallest absolute Gasteiger partial charge is 0.233 e. The summed E-state index contributed by atoms with van der Waals surface area (Å²) in [5.41, 5.74) is -2.87. The van der Waals surface area contributed by atoms with E-state index in [1.54, 1.807) is 30.9 Å². The minimum atomic E-state index is -1.39. The fraction of sp³-hybridized carbons (Fsp3) is 0.700. The number of carbonyl (C=O) groups is 1. The van der Waals surface area contributed by atoms with E-state index in [1.165, 1.54) is 6.07 Å². The molecule has 206 valence electrons. The number of amides is 1. The molecule has 1 N–H and O–H groups in total. The molecule has 1 aromatic heterocycles. The number of aliphatic hydroxyl groups is 1. The number of carbonyl (C=O) groups excluding carboxylic acids is 1. The van der Waals surface area contributed by atoms with Gasteiger partial charge in [0.1, 0.15) is 11.5 Å². The Morgan fingerprint density at radius 3 is 2.16 bits per heavy atom. The Bertz CT molecular complexity index is 1240. The Morgan fingerprint density at radius 2 is 1.66 bits per heavy atom. The van der Waals surface area contributed by atoms with Crippen molar-refractivity contribution in [2.45, 2.75) is 115 Å². The van der Waals surface area contributed by atoms with Gasteiger partial charge in [-0.25, -0.2) is 8.78 Å². The number of hydrogen-bond donors (Lipinski definition) is 1. The second-order valence-electron chi connectivity index (χ2n) is 14.5. The van der Waals surface area contributed by atoms with Gasteiger partial charge in [0.2, 0.25) is 11.8 Å². The topological polar surface area (TPSA) is 79.5 Å². The Hall–Kier alpha value is -2.35. The highest BCUT2D eigenvalue weighted by Crippen LogP contribution is 2.70. The number of fused-ring (bicyclic) bond motifs is 3. The molecule has 6 fully saturated rings. The summed E-state index contributed by atoms with van der Waals surface area (Å²) in [5, 5.41) is 14.8. The van der Waals surface area contributed by atoms with Crippen LogP contribution in [0.25, 0.3) is 0 Å². The molecule has 1 aromatic carbocycles. The van der Waals surface area contributed by atoms with Crippen molar-refractivity contribution >= 4 is 11.6 Å². The van der Waals surface area contributed by atoms with Crippen molar-refractivity contribution in [3.63, 3.8) is 0 Å². The third-order valence-electron chi connectivity index (χ3n) is 10.0. The quantitative estimate of drug-likeness (QED) is 0.480. The van der Waals surface area contributed by atoms with E-state index in [4.69, 9.17) is 9.51 Å². The summed E-state index contributed by atoms with van der Waals surface area (Å²) in [6.07, 6.45) is 6.33. The summed E-state index contributed by atoms with van der Waals surface area (Å²) in [6, 6.07) is 4.55. The fourth-order valence-electron chi connectivity index (χ4n) is 7.51. The standard InChI is InChI=1S/C30H39F2N3O3/c1-25(2,3)22-33-23(38-34-22)28-11-8-27(9-12-28,10-13-28)18-35(24(36)29-15-30(32,16-29)17-29)19-6-7-21(31)20(14-19)26(4,5)37/h6-7,14,37H,8-13,15-18H2,1-5H3. The van der Waals surface area contributed by atoms with E-state index >= 15 is 0 Å². The van der Waals surface area contributed by atoms with Crippen molar-refractivity contribution in [2.24, 2.45) is 10.8 Å². The van der Waals surface area contributed by atoms with Gasteiger partial charge in [-0.2, -0.15) is 4.98 Å². The second kappa shape index (κ2) is 7.86. The lowest BCUT2D eigenvalue weighted by atomic mass is 9.41. The highest BCUT2D eigenvalue weighted by atomic mass is 19.1. The molecule has 6 aliphatic rings. The first-order valence-electron chi connectivity index (χ1n) is 14.0. The average molecular weight is 528 g/mol. The first-order chi connectivity index (χ1) is 17.6. The lowest BCUT2D eigenvalue weighted by Crippen LogP contribution is -2.71. The molecular weight excluding hydrogens is 488 g/mol. The maximum atomic E-state index is 14.7. The zero-order chi connectivity index (χ0) is 27.4. The number of halogens is 2. The van der Waals surface area contributed by atoms with Crippen molar-refractivity contribution < 1.29 is 23.2 Å². The number of alkyl halides is 1. The molecule has 0 spiro atoms. The van der Waals surface area contributed by atoms with Crippen molar-refractivity contribution in [3.8, 4) is 0 Å². The zero-order valence-electron chi connectivity index (χ0n) is 23.2. The van der Waals surface area contributed by atoms with Crippen LogP contribution in [0.4, 0.5) is 14.5 Å². The largest absolute Gasteiger partial charge is 0.386 e. The van der Waals surface area contributed by atoms with Crippen LogP contribution in [0, 0.1) is 16.6 Å². The molecule has 0 unspecified atom stereocenters. The third kappa shape index (κ3) is 3.92.